The molecule has 1 amide bonds. The van der Waals surface area contributed by atoms with Crippen LogP contribution in [-0.2, 0) is 11.3 Å². The Labute approximate surface area is 180 Å². The summed E-state index contributed by atoms with van der Waals surface area (Å²) in [7, 11) is 0. The number of carbonyl (C=O) groups is 1. The number of aromatic nitrogens is 3. The molecule has 0 N–H and O–H groups in total. The zero-order valence-electron chi connectivity index (χ0n) is 15.9. The maximum Gasteiger partial charge on any atom is 0.239 e. The molecule has 0 aliphatic heterocycles. The molecule has 0 saturated heterocycles. The fourth-order valence-electron chi connectivity index (χ4n) is 2.96. The SMILES string of the molecule is O=C(CSc1ccccc1)N(CCCn1ccnc1)c1nc2c(F)cc(F)cc2s1. The molecule has 30 heavy (non-hydrogen) atoms. The van der Waals surface area contributed by atoms with Crippen LogP contribution < -0.4 is 4.90 Å². The first kappa shape index (κ1) is 20.5. The average molecular weight is 445 g/mol. The van der Waals surface area contributed by atoms with Crippen LogP contribution in [0.25, 0.3) is 10.2 Å². The minimum Gasteiger partial charge on any atom is -0.337 e. The van der Waals surface area contributed by atoms with E-state index in [1.54, 1.807) is 17.4 Å². The molecule has 2 heterocycles. The van der Waals surface area contributed by atoms with Crippen LogP contribution >= 0.6 is 23.1 Å². The van der Waals surface area contributed by atoms with Crippen LogP contribution in [0.3, 0.4) is 0 Å². The molecule has 2 aromatic heterocycles. The third kappa shape index (κ3) is 4.85. The molecule has 0 aliphatic carbocycles. The Kier molecular flexibility index (Phi) is 6.39. The number of hydrogen-bond donors (Lipinski definition) is 0. The van der Waals surface area contributed by atoms with Crippen LogP contribution in [0.15, 0.2) is 66.1 Å². The van der Waals surface area contributed by atoms with Crippen molar-refractivity contribution in [2.75, 3.05) is 17.2 Å². The van der Waals surface area contributed by atoms with E-state index < -0.39 is 11.6 Å². The van der Waals surface area contributed by atoms with Gasteiger partial charge in [0.2, 0.25) is 5.91 Å². The third-order valence-electron chi connectivity index (χ3n) is 4.40. The molecule has 4 aromatic rings. The van der Waals surface area contributed by atoms with Crippen molar-refractivity contribution in [3.63, 3.8) is 0 Å². The van der Waals surface area contributed by atoms with Crippen molar-refractivity contribution in [3.05, 3.63) is 72.8 Å². The van der Waals surface area contributed by atoms with Crippen LogP contribution in [0.1, 0.15) is 6.42 Å². The van der Waals surface area contributed by atoms with Crippen LogP contribution in [0.5, 0.6) is 0 Å². The minimum atomic E-state index is -0.725. The Morgan fingerprint density at radius 2 is 2.03 bits per heavy atom. The number of amides is 1. The van der Waals surface area contributed by atoms with Crippen molar-refractivity contribution >= 4 is 44.4 Å². The Morgan fingerprint density at radius 3 is 2.80 bits per heavy atom. The fourth-order valence-corrected chi connectivity index (χ4v) is 4.80. The molecule has 0 spiro atoms. The van der Waals surface area contributed by atoms with Gasteiger partial charge in [-0.25, -0.2) is 18.7 Å². The summed E-state index contributed by atoms with van der Waals surface area (Å²) in [5.41, 5.74) is 0.0829. The molecular formula is C21H18F2N4OS2. The van der Waals surface area contributed by atoms with Crippen LogP contribution in [0.4, 0.5) is 13.9 Å². The summed E-state index contributed by atoms with van der Waals surface area (Å²) in [5.74, 6) is -1.29. The van der Waals surface area contributed by atoms with E-state index in [1.807, 2.05) is 41.1 Å². The van der Waals surface area contributed by atoms with E-state index in [9.17, 15) is 13.6 Å². The number of benzene rings is 2. The van der Waals surface area contributed by atoms with Crippen molar-refractivity contribution in [1.82, 2.24) is 14.5 Å². The third-order valence-corrected chi connectivity index (χ3v) is 6.42. The van der Waals surface area contributed by atoms with Crippen molar-refractivity contribution in [2.45, 2.75) is 17.9 Å². The molecule has 2 aromatic carbocycles. The standard InChI is InChI=1S/C21H18F2N4OS2/c22-15-11-17(23)20-18(12-15)30-21(25-20)27(9-4-8-26-10-7-24-14-26)19(28)13-29-16-5-2-1-3-6-16/h1-3,5-7,10-12,14H,4,8-9,13H2. The van der Waals surface area contributed by atoms with Gasteiger partial charge in [0.05, 0.1) is 16.8 Å². The van der Waals surface area contributed by atoms with Gasteiger partial charge in [0.1, 0.15) is 11.3 Å². The predicted octanol–water partition coefficient (Wildman–Crippen LogP) is 4.99. The maximum absolute atomic E-state index is 14.1. The summed E-state index contributed by atoms with van der Waals surface area (Å²) in [6.07, 6.45) is 5.94. The monoisotopic (exact) mass is 444 g/mol. The highest BCUT2D eigenvalue weighted by Crippen LogP contribution is 2.32. The molecule has 0 aliphatic rings. The first-order valence-corrected chi connectivity index (χ1v) is 11.1. The second kappa shape index (κ2) is 9.36. The quantitative estimate of drug-likeness (QED) is 0.360. The van der Waals surface area contributed by atoms with E-state index >= 15 is 0 Å². The van der Waals surface area contributed by atoms with Gasteiger partial charge in [-0.05, 0) is 24.6 Å². The van der Waals surface area contributed by atoms with Gasteiger partial charge in [0.15, 0.2) is 10.9 Å². The number of imidazole rings is 1. The minimum absolute atomic E-state index is 0.0829. The predicted molar refractivity (Wildman–Crippen MR) is 116 cm³/mol. The van der Waals surface area contributed by atoms with E-state index in [2.05, 4.69) is 9.97 Å². The number of halogens is 2. The van der Waals surface area contributed by atoms with Gasteiger partial charge in [0, 0.05) is 36.4 Å². The van der Waals surface area contributed by atoms with Gasteiger partial charge >= 0.3 is 0 Å². The Bertz CT molecular complexity index is 1130. The molecule has 0 unspecified atom stereocenters. The number of nitrogens with zero attached hydrogens (tertiary/aromatic N) is 4. The second-order valence-corrected chi connectivity index (χ2v) is 8.59. The number of thiazole rings is 1. The van der Waals surface area contributed by atoms with Crippen LogP contribution in [-0.4, -0.2) is 32.7 Å². The number of thioether (sulfide) groups is 1. The smallest absolute Gasteiger partial charge is 0.239 e. The lowest BCUT2D eigenvalue weighted by atomic mass is 10.3. The fraction of sp³-hybridized carbons (Fsp3) is 0.190. The van der Waals surface area contributed by atoms with Crippen molar-refractivity contribution in [1.29, 1.82) is 0 Å². The first-order valence-electron chi connectivity index (χ1n) is 9.30. The summed E-state index contributed by atoms with van der Waals surface area (Å²) in [5, 5.41) is 0.374. The molecule has 0 atom stereocenters. The molecule has 0 saturated carbocycles. The highest BCUT2D eigenvalue weighted by Gasteiger charge is 2.21. The van der Waals surface area contributed by atoms with E-state index in [1.165, 1.54) is 17.8 Å². The molecule has 4 rings (SSSR count). The lowest BCUT2D eigenvalue weighted by Crippen LogP contribution is -2.33. The van der Waals surface area contributed by atoms with Gasteiger partial charge < -0.3 is 4.57 Å². The largest absolute Gasteiger partial charge is 0.337 e. The molecule has 5 nitrogen and oxygen atoms in total. The summed E-state index contributed by atoms with van der Waals surface area (Å²) in [6, 6.07) is 11.7. The highest BCUT2D eigenvalue weighted by atomic mass is 32.2. The van der Waals surface area contributed by atoms with Crippen molar-refractivity contribution in [2.24, 2.45) is 0 Å². The van der Waals surface area contributed by atoms with Crippen molar-refractivity contribution < 1.29 is 13.6 Å². The molecule has 0 radical (unpaired) electrons. The molecule has 154 valence electrons. The maximum atomic E-state index is 14.1. The first-order chi connectivity index (χ1) is 14.6. The van der Waals surface area contributed by atoms with Gasteiger partial charge in [-0.2, -0.15) is 0 Å². The number of rotatable bonds is 8. The van der Waals surface area contributed by atoms with E-state index in [0.29, 0.717) is 29.3 Å². The molecule has 0 fully saturated rings. The summed E-state index contributed by atoms with van der Waals surface area (Å²) in [6.45, 7) is 1.10. The Balaban J connectivity index is 1.54. The van der Waals surface area contributed by atoms with E-state index in [-0.39, 0.29) is 17.2 Å². The summed E-state index contributed by atoms with van der Waals surface area (Å²) >= 11 is 2.55. The number of hydrogen-bond acceptors (Lipinski definition) is 5. The Hall–Kier alpha value is -2.78. The lowest BCUT2D eigenvalue weighted by Gasteiger charge is -2.20. The van der Waals surface area contributed by atoms with Gasteiger partial charge in [0.25, 0.3) is 0 Å². The lowest BCUT2D eigenvalue weighted by molar-refractivity contribution is -0.116. The normalized spacial score (nSPS) is 11.1. The number of anilines is 1. The van der Waals surface area contributed by atoms with Crippen LogP contribution in [0, 0.1) is 11.6 Å². The molecule has 9 heteroatoms. The zero-order chi connectivity index (χ0) is 20.9. The van der Waals surface area contributed by atoms with Gasteiger partial charge in [-0.1, -0.05) is 29.5 Å². The molecule has 0 bridgehead atoms. The topological polar surface area (TPSA) is 51.0 Å². The highest BCUT2D eigenvalue weighted by molar-refractivity contribution is 8.00. The van der Waals surface area contributed by atoms with E-state index in [0.717, 1.165) is 22.3 Å². The number of carbonyl (C=O) groups excluding carboxylic acids is 1. The number of fused-ring (bicyclic) bond motifs is 1. The second-order valence-electron chi connectivity index (χ2n) is 6.53. The van der Waals surface area contributed by atoms with Gasteiger partial charge in [-0.15, -0.1) is 11.8 Å². The van der Waals surface area contributed by atoms with Crippen LogP contribution in [0.2, 0.25) is 0 Å². The summed E-state index contributed by atoms with van der Waals surface area (Å²) < 4.78 is 30.0. The average Bonchev–Trinajstić information content (AvgIpc) is 3.40. The summed E-state index contributed by atoms with van der Waals surface area (Å²) in [4.78, 5) is 23.9. The van der Waals surface area contributed by atoms with Crippen molar-refractivity contribution in [3.8, 4) is 0 Å². The number of aryl methyl sites for hydroxylation is 1. The molecular weight excluding hydrogens is 426 g/mol. The van der Waals surface area contributed by atoms with Gasteiger partial charge in [-0.3, -0.25) is 9.69 Å². The Morgan fingerprint density at radius 1 is 1.20 bits per heavy atom. The zero-order valence-corrected chi connectivity index (χ0v) is 17.5. The van der Waals surface area contributed by atoms with E-state index in [4.69, 9.17) is 0 Å².